The number of carboxylic acids is 1. The molecule has 154 valence electrons. The zero-order valence-corrected chi connectivity index (χ0v) is 15.9. The lowest BCUT2D eigenvalue weighted by Gasteiger charge is -2.22. The Labute approximate surface area is 171 Å². The van der Waals surface area contributed by atoms with Crippen molar-refractivity contribution in [1.82, 2.24) is 0 Å². The summed E-state index contributed by atoms with van der Waals surface area (Å²) in [4.78, 5) is 11.3. The van der Waals surface area contributed by atoms with E-state index in [-0.39, 0.29) is 0 Å². The van der Waals surface area contributed by atoms with E-state index in [0.717, 1.165) is 23.3 Å². The molecular formula is C24H19F3O3. The van der Waals surface area contributed by atoms with Crippen LogP contribution >= 0.6 is 0 Å². The molecule has 0 amide bonds. The Morgan fingerprint density at radius 1 is 0.967 bits per heavy atom. The number of para-hydroxylation sites is 1. The molecule has 0 fully saturated rings. The first-order chi connectivity index (χ1) is 14.3. The fraction of sp³-hybridized carbons (Fsp3) is 0.208. The quantitative estimate of drug-likeness (QED) is 0.543. The largest absolute Gasteiger partial charge is 0.481 e. The second-order valence-corrected chi connectivity index (χ2v) is 7.39. The third-order valence-corrected chi connectivity index (χ3v) is 5.37. The van der Waals surface area contributed by atoms with Crippen LogP contribution < -0.4 is 4.74 Å². The number of aliphatic carboxylic acids is 1. The molecular weight excluding hydrogens is 393 g/mol. The van der Waals surface area contributed by atoms with Gasteiger partial charge in [-0.2, -0.15) is 13.2 Å². The molecule has 3 aromatic rings. The minimum atomic E-state index is -4.43. The minimum Gasteiger partial charge on any atom is -0.481 e. The monoisotopic (exact) mass is 412 g/mol. The van der Waals surface area contributed by atoms with Crippen LogP contribution in [0, 0.1) is 5.92 Å². The number of halogens is 3. The SMILES string of the molecule is O=C(O)C1CCc2ccc(Oc3ccccc3-c3cccc(C(F)(F)F)c3)cc2C1. The molecule has 3 nitrogen and oxygen atoms in total. The third-order valence-electron chi connectivity index (χ3n) is 5.37. The van der Waals surface area contributed by atoms with Gasteiger partial charge in [-0.1, -0.05) is 36.4 Å². The topological polar surface area (TPSA) is 46.5 Å². The smallest absolute Gasteiger partial charge is 0.416 e. The maximum atomic E-state index is 13.1. The van der Waals surface area contributed by atoms with Crippen LogP contribution in [0.5, 0.6) is 11.5 Å². The molecule has 1 N–H and O–H groups in total. The Hall–Kier alpha value is -3.28. The standard InChI is InChI=1S/C24H19F3O3/c25-24(26,27)19-5-3-4-16(13-19)21-6-1-2-7-22(21)30-20-11-10-15-8-9-17(23(28)29)12-18(15)14-20/h1-7,10-11,13-14,17H,8-9,12H2,(H,28,29). The van der Waals surface area contributed by atoms with Crippen LogP contribution in [0.3, 0.4) is 0 Å². The van der Waals surface area contributed by atoms with Gasteiger partial charge in [0.2, 0.25) is 0 Å². The molecule has 4 rings (SSSR count). The molecule has 0 saturated carbocycles. The number of hydrogen-bond acceptors (Lipinski definition) is 2. The van der Waals surface area contributed by atoms with Crippen molar-refractivity contribution < 1.29 is 27.8 Å². The Balaban J connectivity index is 1.65. The van der Waals surface area contributed by atoms with E-state index in [1.807, 2.05) is 18.2 Å². The van der Waals surface area contributed by atoms with Crippen molar-refractivity contribution in [3.05, 3.63) is 83.4 Å². The molecule has 6 heteroatoms. The summed E-state index contributed by atoms with van der Waals surface area (Å²) in [6.45, 7) is 0. The Morgan fingerprint density at radius 3 is 2.53 bits per heavy atom. The van der Waals surface area contributed by atoms with Crippen molar-refractivity contribution in [1.29, 1.82) is 0 Å². The summed E-state index contributed by atoms with van der Waals surface area (Å²) in [6, 6.07) is 17.6. The van der Waals surface area contributed by atoms with Crippen LogP contribution in [0.25, 0.3) is 11.1 Å². The van der Waals surface area contributed by atoms with Crippen molar-refractivity contribution >= 4 is 5.97 Å². The molecule has 0 bridgehead atoms. The number of benzene rings is 3. The highest BCUT2D eigenvalue weighted by molar-refractivity contribution is 5.72. The van der Waals surface area contributed by atoms with E-state index in [9.17, 15) is 23.1 Å². The Morgan fingerprint density at radius 2 is 1.77 bits per heavy atom. The molecule has 0 spiro atoms. The second-order valence-electron chi connectivity index (χ2n) is 7.39. The number of fused-ring (bicyclic) bond motifs is 1. The number of aryl methyl sites for hydroxylation is 1. The molecule has 1 atom stereocenters. The molecule has 30 heavy (non-hydrogen) atoms. The fourth-order valence-electron chi connectivity index (χ4n) is 3.79. The zero-order valence-electron chi connectivity index (χ0n) is 15.9. The summed E-state index contributed by atoms with van der Waals surface area (Å²) >= 11 is 0. The van der Waals surface area contributed by atoms with Crippen LogP contribution in [0.15, 0.2) is 66.7 Å². The van der Waals surface area contributed by atoms with Gasteiger partial charge in [-0.3, -0.25) is 4.79 Å². The van der Waals surface area contributed by atoms with Gasteiger partial charge >= 0.3 is 12.1 Å². The first-order valence-corrected chi connectivity index (χ1v) is 9.60. The molecule has 0 aliphatic heterocycles. The van der Waals surface area contributed by atoms with Gasteiger partial charge in [-0.15, -0.1) is 0 Å². The Kier molecular flexibility index (Phi) is 5.24. The lowest BCUT2D eigenvalue weighted by atomic mass is 9.84. The number of rotatable bonds is 4. The summed E-state index contributed by atoms with van der Waals surface area (Å²) in [5.74, 6) is -0.256. The van der Waals surface area contributed by atoms with Gasteiger partial charge in [0.1, 0.15) is 11.5 Å². The second kappa shape index (κ2) is 7.86. The van der Waals surface area contributed by atoms with Crippen molar-refractivity contribution in [2.24, 2.45) is 5.92 Å². The maximum absolute atomic E-state index is 13.1. The van der Waals surface area contributed by atoms with E-state index in [2.05, 4.69) is 0 Å². The highest BCUT2D eigenvalue weighted by Crippen LogP contribution is 2.38. The number of alkyl halides is 3. The van der Waals surface area contributed by atoms with E-state index in [0.29, 0.717) is 41.9 Å². The van der Waals surface area contributed by atoms with Gasteiger partial charge in [0.05, 0.1) is 11.5 Å². The van der Waals surface area contributed by atoms with Gasteiger partial charge in [0, 0.05) is 5.56 Å². The molecule has 0 saturated heterocycles. The van der Waals surface area contributed by atoms with E-state index >= 15 is 0 Å². The van der Waals surface area contributed by atoms with Crippen molar-refractivity contribution in [2.45, 2.75) is 25.4 Å². The summed E-state index contributed by atoms with van der Waals surface area (Å²) in [6.07, 6.45) is -2.67. The number of carboxylic acid groups (broad SMARTS) is 1. The first-order valence-electron chi connectivity index (χ1n) is 9.60. The van der Waals surface area contributed by atoms with Crippen LogP contribution in [0.2, 0.25) is 0 Å². The van der Waals surface area contributed by atoms with Gasteiger partial charge in [-0.25, -0.2) is 0 Å². The summed E-state index contributed by atoms with van der Waals surface area (Å²) < 4.78 is 45.3. The predicted octanol–water partition coefficient (Wildman–Crippen LogP) is 6.35. The van der Waals surface area contributed by atoms with E-state index in [1.165, 1.54) is 6.07 Å². The fourth-order valence-corrected chi connectivity index (χ4v) is 3.79. The highest BCUT2D eigenvalue weighted by Gasteiger charge is 2.30. The first kappa shape index (κ1) is 20.0. The predicted molar refractivity (Wildman–Crippen MR) is 107 cm³/mol. The summed E-state index contributed by atoms with van der Waals surface area (Å²) in [5.41, 5.74) is 2.27. The average Bonchev–Trinajstić information content (AvgIpc) is 2.73. The summed E-state index contributed by atoms with van der Waals surface area (Å²) in [5, 5.41) is 9.30. The van der Waals surface area contributed by atoms with Gasteiger partial charge in [0.15, 0.2) is 0 Å². The van der Waals surface area contributed by atoms with E-state index < -0.39 is 23.6 Å². The maximum Gasteiger partial charge on any atom is 0.416 e. The lowest BCUT2D eigenvalue weighted by Crippen LogP contribution is -2.22. The van der Waals surface area contributed by atoms with Gasteiger partial charge in [-0.05, 0) is 66.3 Å². The van der Waals surface area contributed by atoms with Crippen LogP contribution in [-0.4, -0.2) is 11.1 Å². The van der Waals surface area contributed by atoms with Crippen LogP contribution in [0.1, 0.15) is 23.1 Å². The number of ether oxygens (including phenoxy) is 1. The Bertz CT molecular complexity index is 1090. The zero-order chi connectivity index (χ0) is 21.3. The van der Waals surface area contributed by atoms with Crippen LogP contribution in [0.4, 0.5) is 13.2 Å². The normalized spacial score (nSPS) is 16.0. The molecule has 1 unspecified atom stereocenters. The molecule has 1 aliphatic rings. The van der Waals surface area contributed by atoms with E-state index in [4.69, 9.17) is 4.74 Å². The summed E-state index contributed by atoms with van der Waals surface area (Å²) in [7, 11) is 0. The molecule has 0 radical (unpaired) electrons. The minimum absolute atomic E-state index is 0.407. The molecule has 0 aromatic heterocycles. The van der Waals surface area contributed by atoms with Gasteiger partial charge in [0.25, 0.3) is 0 Å². The third kappa shape index (κ3) is 4.17. The number of carbonyl (C=O) groups is 1. The number of hydrogen-bond donors (Lipinski definition) is 1. The van der Waals surface area contributed by atoms with Crippen LogP contribution in [-0.2, 0) is 23.8 Å². The van der Waals surface area contributed by atoms with Crippen molar-refractivity contribution in [3.8, 4) is 22.6 Å². The molecule has 1 aliphatic carbocycles. The molecule has 0 heterocycles. The molecule has 3 aromatic carbocycles. The average molecular weight is 412 g/mol. The van der Waals surface area contributed by atoms with E-state index in [1.54, 1.807) is 30.3 Å². The highest BCUT2D eigenvalue weighted by atomic mass is 19.4. The lowest BCUT2D eigenvalue weighted by molar-refractivity contribution is -0.142. The van der Waals surface area contributed by atoms with Gasteiger partial charge < -0.3 is 9.84 Å². The van der Waals surface area contributed by atoms with Crippen molar-refractivity contribution in [3.63, 3.8) is 0 Å². The van der Waals surface area contributed by atoms with Crippen molar-refractivity contribution in [2.75, 3.05) is 0 Å².